The fourth-order valence-corrected chi connectivity index (χ4v) is 2.33. The molecule has 1 saturated carbocycles. The molecule has 0 spiro atoms. The molecule has 1 aliphatic carbocycles. The van der Waals surface area contributed by atoms with Crippen LogP contribution in [0.1, 0.15) is 39.5 Å². The van der Waals surface area contributed by atoms with E-state index in [1.54, 1.807) is 4.90 Å². The molecule has 4 nitrogen and oxygen atoms in total. The normalized spacial score (nSPS) is 18.4. The number of aliphatic hydroxyl groups is 1. The summed E-state index contributed by atoms with van der Waals surface area (Å²) in [5, 5.41) is 11.8. The van der Waals surface area contributed by atoms with Crippen LogP contribution in [0.25, 0.3) is 0 Å². The van der Waals surface area contributed by atoms with E-state index < -0.39 is 0 Å². The number of urea groups is 1. The number of likely N-dealkylation sites (N-methyl/N-ethyl adjacent to an activating group) is 1. The first-order valence-corrected chi connectivity index (χ1v) is 6.25. The lowest BCUT2D eigenvalue weighted by atomic mass is 9.89. The Kier molecular flexibility index (Phi) is 5.06. The number of aliphatic hydroxyl groups excluding tert-OH is 1. The van der Waals surface area contributed by atoms with Crippen molar-refractivity contribution in [3.63, 3.8) is 0 Å². The predicted molar refractivity (Wildman–Crippen MR) is 64.3 cm³/mol. The van der Waals surface area contributed by atoms with Gasteiger partial charge in [0.05, 0.1) is 6.61 Å². The van der Waals surface area contributed by atoms with Crippen molar-refractivity contribution in [2.45, 2.75) is 39.5 Å². The van der Waals surface area contributed by atoms with Crippen LogP contribution in [0.2, 0.25) is 0 Å². The van der Waals surface area contributed by atoms with Crippen LogP contribution >= 0.6 is 0 Å². The molecule has 0 unspecified atom stereocenters. The number of rotatable bonds is 5. The van der Waals surface area contributed by atoms with Gasteiger partial charge in [-0.15, -0.1) is 0 Å². The van der Waals surface area contributed by atoms with Crippen molar-refractivity contribution in [3.8, 4) is 0 Å². The second kappa shape index (κ2) is 6.09. The van der Waals surface area contributed by atoms with Crippen LogP contribution in [-0.4, -0.2) is 42.3 Å². The molecule has 4 heteroatoms. The highest BCUT2D eigenvalue weighted by molar-refractivity contribution is 5.74. The molecule has 0 heterocycles. The van der Waals surface area contributed by atoms with Gasteiger partial charge in [-0.1, -0.05) is 19.8 Å². The van der Waals surface area contributed by atoms with Crippen LogP contribution in [0.5, 0.6) is 0 Å². The van der Waals surface area contributed by atoms with Gasteiger partial charge < -0.3 is 15.3 Å². The van der Waals surface area contributed by atoms with Gasteiger partial charge in [0.2, 0.25) is 0 Å². The van der Waals surface area contributed by atoms with Gasteiger partial charge in [0.1, 0.15) is 0 Å². The third kappa shape index (κ3) is 3.67. The van der Waals surface area contributed by atoms with Crippen molar-refractivity contribution < 1.29 is 9.90 Å². The second-order valence-corrected chi connectivity index (χ2v) is 4.98. The molecule has 16 heavy (non-hydrogen) atoms. The number of carbonyl (C=O) groups is 1. The molecule has 0 aromatic heterocycles. The fraction of sp³-hybridized carbons (Fsp3) is 0.917. The monoisotopic (exact) mass is 228 g/mol. The summed E-state index contributed by atoms with van der Waals surface area (Å²) < 4.78 is 0. The molecular formula is C12H24N2O2. The van der Waals surface area contributed by atoms with E-state index in [-0.39, 0.29) is 18.1 Å². The van der Waals surface area contributed by atoms with Gasteiger partial charge in [-0.2, -0.15) is 0 Å². The van der Waals surface area contributed by atoms with E-state index in [4.69, 9.17) is 5.11 Å². The summed E-state index contributed by atoms with van der Waals surface area (Å²) in [4.78, 5) is 13.4. The molecule has 0 atom stereocenters. The number of amides is 2. The number of nitrogens with one attached hydrogen (secondary N) is 1. The van der Waals surface area contributed by atoms with Gasteiger partial charge in [-0.3, -0.25) is 0 Å². The topological polar surface area (TPSA) is 52.6 Å². The number of hydrogen-bond acceptors (Lipinski definition) is 2. The number of carbonyl (C=O) groups excluding carboxylic acids is 1. The summed E-state index contributed by atoms with van der Waals surface area (Å²) in [5.74, 6) is 0. The molecule has 1 rings (SSSR count). The first kappa shape index (κ1) is 13.3. The minimum atomic E-state index is -0.0512. The standard InChI is InChI=1S/C12H24N2O2/c1-3-14(8-9-15)11(16)13-10-12(2)6-4-5-7-12/h15H,3-10H2,1-2H3,(H,13,16). The van der Waals surface area contributed by atoms with Crippen molar-refractivity contribution in [1.82, 2.24) is 10.2 Å². The summed E-state index contributed by atoms with van der Waals surface area (Å²) in [7, 11) is 0. The summed E-state index contributed by atoms with van der Waals surface area (Å²) in [6.45, 7) is 6.00. The molecule has 1 fully saturated rings. The third-order valence-electron chi connectivity index (χ3n) is 3.52. The molecule has 0 aromatic carbocycles. The van der Waals surface area contributed by atoms with Gasteiger partial charge in [0.15, 0.2) is 0 Å². The molecule has 0 saturated heterocycles. The van der Waals surface area contributed by atoms with E-state index >= 15 is 0 Å². The Morgan fingerprint density at radius 3 is 2.56 bits per heavy atom. The summed E-state index contributed by atoms with van der Waals surface area (Å²) in [5.41, 5.74) is 0.286. The van der Waals surface area contributed by atoms with Gasteiger partial charge in [0, 0.05) is 19.6 Å². The molecule has 2 amide bonds. The Labute approximate surface area is 98.0 Å². The van der Waals surface area contributed by atoms with E-state index in [0.717, 1.165) is 6.54 Å². The molecule has 0 radical (unpaired) electrons. The zero-order valence-electron chi connectivity index (χ0n) is 10.5. The molecule has 2 N–H and O–H groups in total. The van der Waals surface area contributed by atoms with Crippen LogP contribution in [-0.2, 0) is 0 Å². The van der Waals surface area contributed by atoms with Crippen molar-refractivity contribution in [2.24, 2.45) is 5.41 Å². The lowest BCUT2D eigenvalue weighted by Crippen LogP contribution is -2.44. The Morgan fingerprint density at radius 1 is 1.44 bits per heavy atom. The van der Waals surface area contributed by atoms with Crippen LogP contribution < -0.4 is 5.32 Å². The lowest BCUT2D eigenvalue weighted by molar-refractivity contribution is 0.175. The molecular weight excluding hydrogens is 204 g/mol. The maximum Gasteiger partial charge on any atom is 0.317 e. The van der Waals surface area contributed by atoms with Crippen LogP contribution in [0.15, 0.2) is 0 Å². The number of hydrogen-bond donors (Lipinski definition) is 2. The molecule has 0 aliphatic heterocycles. The van der Waals surface area contributed by atoms with E-state index in [1.807, 2.05) is 6.92 Å². The smallest absolute Gasteiger partial charge is 0.317 e. The summed E-state index contributed by atoms with van der Waals surface area (Å²) in [6.07, 6.45) is 4.97. The van der Waals surface area contributed by atoms with E-state index in [9.17, 15) is 4.79 Å². The Bertz CT molecular complexity index is 225. The van der Waals surface area contributed by atoms with Crippen LogP contribution in [0.4, 0.5) is 4.79 Å². The fourth-order valence-electron chi connectivity index (χ4n) is 2.33. The average molecular weight is 228 g/mol. The van der Waals surface area contributed by atoms with Gasteiger partial charge >= 0.3 is 6.03 Å². The number of nitrogens with zero attached hydrogens (tertiary/aromatic N) is 1. The van der Waals surface area contributed by atoms with Crippen LogP contribution in [0, 0.1) is 5.41 Å². The highest BCUT2D eigenvalue weighted by atomic mass is 16.3. The second-order valence-electron chi connectivity index (χ2n) is 4.98. The molecule has 94 valence electrons. The highest BCUT2D eigenvalue weighted by Gasteiger charge is 2.29. The zero-order chi connectivity index (χ0) is 12.0. The van der Waals surface area contributed by atoms with E-state index in [0.29, 0.717) is 13.1 Å². The first-order valence-electron chi connectivity index (χ1n) is 6.25. The average Bonchev–Trinajstić information content (AvgIpc) is 2.70. The summed E-state index contributed by atoms with van der Waals surface area (Å²) in [6, 6.07) is -0.0512. The van der Waals surface area contributed by atoms with Gasteiger partial charge in [-0.25, -0.2) is 4.79 Å². The maximum absolute atomic E-state index is 11.8. The van der Waals surface area contributed by atoms with Gasteiger partial charge in [-0.05, 0) is 25.2 Å². The van der Waals surface area contributed by atoms with Crippen molar-refractivity contribution in [2.75, 3.05) is 26.2 Å². The quantitative estimate of drug-likeness (QED) is 0.751. The van der Waals surface area contributed by atoms with Crippen molar-refractivity contribution in [3.05, 3.63) is 0 Å². The maximum atomic E-state index is 11.8. The molecule has 0 aromatic rings. The first-order chi connectivity index (χ1) is 7.61. The van der Waals surface area contributed by atoms with Crippen LogP contribution in [0.3, 0.4) is 0 Å². The Hall–Kier alpha value is -0.770. The minimum Gasteiger partial charge on any atom is -0.395 e. The largest absolute Gasteiger partial charge is 0.395 e. The molecule has 0 bridgehead atoms. The minimum absolute atomic E-state index is 0.0263. The van der Waals surface area contributed by atoms with Crippen molar-refractivity contribution >= 4 is 6.03 Å². The summed E-state index contributed by atoms with van der Waals surface area (Å²) >= 11 is 0. The zero-order valence-corrected chi connectivity index (χ0v) is 10.5. The lowest BCUT2D eigenvalue weighted by Gasteiger charge is -2.27. The Morgan fingerprint density at radius 2 is 2.06 bits per heavy atom. The Balaban J connectivity index is 2.33. The van der Waals surface area contributed by atoms with Gasteiger partial charge in [0.25, 0.3) is 0 Å². The molecule has 1 aliphatic rings. The third-order valence-corrected chi connectivity index (χ3v) is 3.52. The predicted octanol–water partition coefficient (Wildman–Crippen LogP) is 1.59. The van der Waals surface area contributed by atoms with E-state index in [1.165, 1.54) is 25.7 Å². The highest BCUT2D eigenvalue weighted by Crippen LogP contribution is 2.36. The van der Waals surface area contributed by atoms with Crippen molar-refractivity contribution in [1.29, 1.82) is 0 Å². The SMILES string of the molecule is CCN(CCO)C(=O)NCC1(C)CCCC1. The van der Waals surface area contributed by atoms with E-state index in [2.05, 4.69) is 12.2 Å².